The molecule has 0 amide bonds. The zero-order valence-electron chi connectivity index (χ0n) is 16.2. The lowest BCUT2D eigenvalue weighted by Gasteiger charge is -2.10. The van der Waals surface area contributed by atoms with Gasteiger partial charge in [-0.05, 0) is 56.3 Å². The van der Waals surface area contributed by atoms with Crippen molar-refractivity contribution in [2.24, 2.45) is 0 Å². The second kappa shape index (κ2) is 8.26. The molecule has 0 unspecified atom stereocenters. The van der Waals surface area contributed by atoms with Gasteiger partial charge in [-0.25, -0.2) is 13.6 Å². The molecule has 0 aliphatic carbocycles. The molecule has 0 saturated carbocycles. The van der Waals surface area contributed by atoms with Gasteiger partial charge in [-0.2, -0.15) is 0 Å². The summed E-state index contributed by atoms with van der Waals surface area (Å²) in [4.78, 5) is 24.7. The molecule has 29 heavy (non-hydrogen) atoms. The molecular weight excluding hydrogens is 380 g/mol. The van der Waals surface area contributed by atoms with Crippen molar-refractivity contribution in [1.82, 2.24) is 4.57 Å². The fourth-order valence-corrected chi connectivity index (χ4v) is 3.14. The predicted octanol–water partition coefficient (Wildman–Crippen LogP) is 4.42. The molecule has 7 heteroatoms. The van der Waals surface area contributed by atoms with Crippen LogP contribution in [0.4, 0.5) is 8.78 Å². The Morgan fingerprint density at radius 2 is 1.79 bits per heavy atom. The van der Waals surface area contributed by atoms with Crippen LogP contribution in [0.25, 0.3) is 5.69 Å². The Hall–Kier alpha value is -3.48. The minimum atomic E-state index is -0.821. The number of halogens is 2. The van der Waals surface area contributed by atoms with E-state index >= 15 is 0 Å². The van der Waals surface area contributed by atoms with Gasteiger partial charge in [-0.1, -0.05) is 6.07 Å². The van der Waals surface area contributed by atoms with Crippen molar-refractivity contribution in [3.05, 3.63) is 82.7 Å². The van der Waals surface area contributed by atoms with Crippen molar-refractivity contribution in [3.63, 3.8) is 0 Å². The van der Waals surface area contributed by atoms with E-state index in [9.17, 15) is 18.4 Å². The molecule has 1 aromatic heterocycles. The number of ketones is 1. The average molecular weight is 399 g/mol. The van der Waals surface area contributed by atoms with Crippen LogP contribution in [0, 0.1) is 25.5 Å². The van der Waals surface area contributed by atoms with Crippen molar-refractivity contribution < 1.29 is 27.8 Å². The van der Waals surface area contributed by atoms with Gasteiger partial charge in [-0.15, -0.1) is 0 Å². The average Bonchev–Trinajstić information content (AvgIpc) is 3.00. The first kappa shape index (κ1) is 20.3. The highest BCUT2D eigenvalue weighted by Crippen LogP contribution is 2.22. The van der Waals surface area contributed by atoms with Gasteiger partial charge in [-0.3, -0.25) is 4.79 Å². The SMILES string of the molecule is COc1ccc(C(=O)OCC(=O)c2cc(C)n(-c3cccc(F)c3)c2C)cc1F. The van der Waals surface area contributed by atoms with Crippen LogP contribution in [-0.4, -0.2) is 30.0 Å². The second-order valence-corrected chi connectivity index (χ2v) is 6.45. The van der Waals surface area contributed by atoms with Crippen LogP contribution in [0.2, 0.25) is 0 Å². The molecule has 0 N–H and O–H groups in total. The normalized spacial score (nSPS) is 10.7. The molecular formula is C22H19F2NO4. The lowest BCUT2D eigenvalue weighted by Crippen LogP contribution is -2.15. The minimum Gasteiger partial charge on any atom is -0.494 e. The zero-order chi connectivity index (χ0) is 21.1. The van der Waals surface area contributed by atoms with E-state index in [-0.39, 0.29) is 17.1 Å². The number of aromatic nitrogens is 1. The first-order chi connectivity index (χ1) is 13.8. The Balaban J connectivity index is 1.75. The topological polar surface area (TPSA) is 57.5 Å². The van der Waals surface area contributed by atoms with Gasteiger partial charge >= 0.3 is 5.97 Å². The number of rotatable bonds is 6. The third-order valence-corrected chi connectivity index (χ3v) is 4.52. The highest BCUT2D eigenvalue weighted by atomic mass is 19.1. The highest BCUT2D eigenvalue weighted by Gasteiger charge is 2.19. The molecule has 0 aliphatic heterocycles. The maximum Gasteiger partial charge on any atom is 0.338 e. The molecule has 2 aromatic carbocycles. The van der Waals surface area contributed by atoms with E-state index in [0.717, 1.165) is 11.8 Å². The van der Waals surface area contributed by atoms with E-state index < -0.39 is 24.2 Å². The number of methoxy groups -OCH3 is 1. The summed E-state index contributed by atoms with van der Waals surface area (Å²) in [5, 5.41) is 0. The summed E-state index contributed by atoms with van der Waals surface area (Å²) in [6, 6.07) is 11.3. The van der Waals surface area contributed by atoms with Crippen LogP contribution in [0.1, 0.15) is 32.1 Å². The monoisotopic (exact) mass is 399 g/mol. The number of carbonyl (C=O) groups excluding carboxylic acids is 2. The van der Waals surface area contributed by atoms with Gasteiger partial charge in [0, 0.05) is 22.6 Å². The van der Waals surface area contributed by atoms with E-state index in [0.29, 0.717) is 16.9 Å². The van der Waals surface area contributed by atoms with Crippen LogP contribution < -0.4 is 4.74 Å². The molecule has 150 valence electrons. The Labute approximate surface area is 166 Å². The number of ether oxygens (including phenoxy) is 2. The van der Waals surface area contributed by atoms with Crippen molar-refractivity contribution in [2.75, 3.05) is 13.7 Å². The summed E-state index contributed by atoms with van der Waals surface area (Å²) in [5.74, 6) is -2.32. The van der Waals surface area contributed by atoms with Gasteiger partial charge in [0.05, 0.1) is 12.7 Å². The maximum absolute atomic E-state index is 13.7. The number of hydrogen-bond donors (Lipinski definition) is 0. The minimum absolute atomic E-state index is 0.00224. The van der Waals surface area contributed by atoms with Gasteiger partial charge in [0.2, 0.25) is 5.78 Å². The van der Waals surface area contributed by atoms with E-state index in [1.165, 1.54) is 31.4 Å². The molecule has 3 aromatic rings. The third kappa shape index (κ3) is 4.18. The Kier molecular flexibility index (Phi) is 5.77. The van der Waals surface area contributed by atoms with E-state index in [1.807, 2.05) is 0 Å². The standard InChI is InChI=1S/C22H19F2NO4/c1-13-9-18(14(2)25(13)17-6-4-5-16(23)11-17)20(26)12-29-22(27)15-7-8-21(28-3)19(24)10-15/h4-11H,12H2,1-3H3. The lowest BCUT2D eigenvalue weighted by atomic mass is 10.1. The molecule has 0 fully saturated rings. The van der Waals surface area contributed by atoms with E-state index in [2.05, 4.69) is 0 Å². The molecule has 0 bridgehead atoms. The number of Topliss-reactive ketones (excluding diaryl/α,β-unsaturated/α-hetero) is 1. The predicted molar refractivity (Wildman–Crippen MR) is 103 cm³/mol. The summed E-state index contributed by atoms with van der Waals surface area (Å²) in [6.45, 7) is 3.02. The van der Waals surface area contributed by atoms with Crippen molar-refractivity contribution in [2.45, 2.75) is 13.8 Å². The van der Waals surface area contributed by atoms with Crippen molar-refractivity contribution >= 4 is 11.8 Å². The molecule has 0 atom stereocenters. The number of esters is 1. The fourth-order valence-electron chi connectivity index (χ4n) is 3.14. The van der Waals surface area contributed by atoms with Gasteiger partial charge in [0.1, 0.15) is 5.82 Å². The zero-order valence-corrected chi connectivity index (χ0v) is 16.2. The van der Waals surface area contributed by atoms with E-state index in [4.69, 9.17) is 9.47 Å². The van der Waals surface area contributed by atoms with Gasteiger partial charge in [0.15, 0.2) is 18.2 Å². The number of hydrogen-bond acceptors (Lipinski definition) is 4. The van der Waals surface area contributed by atoms with Crippen LogP contribution in [0.3, 0.4) is 0 Å². The highest BCUT2D eigenvalue weighted by molar-refractivity contribution is 6.00. The van der Waals surface area contributed by atoms with Crippen molar-refractivity contribution in [1.29, 1.82) is 0 Å². The summed E-state index contributed by atoms with van der Waals surface area (Å²) >= 11 is 0. The molecule has 0 saturated heterocycles. The van der Waals surface area contributed by atoms with Gasteiger partial charge < -0.3 is 14.0 Å². The quantitative estimate of drug-likeness (QED) is 0.455. The number of nitrogens with zero attached hydrogens (tertiary/aromatic N) is 1. The van der Waals surface area contributed by atoms with Crippen LogP contribution >= 0.6 is 0 Å². The smallest absolute Gasteiger partial charge is 0.338 e. The first-order valence-corrected chi connectivity index (χ1v) is 8.80. The summed E-state index contributed by atoms with van der Waals surface area (Å²) in [6.07, 6.45) is 0. The number of benzene rings is 2. The lowest BCUT2D eigenvalue weighted by molar-refractivity contribution is 0.0474. The number of carbonyl (C=O) groups is 2. The van der Waals surface area contributed by atoms with Crippen molar-refractivity contribution in [3.8, 4) is 11.4 Å². The fraction of sp³-hybridized carbons (Fsp3) is 0.182. The Morgan fingerprint density at radius 3 is 2.45 bits per heavy atom. The van der Waals surface area contributed by atoms with Crippen LogP contribution in [0.15, 0.2) is 48.5 Å². The number of aryl methyl sites for hydroxylation is 1. The first-order valence-electron chi connectivity index (χ1n) is 8.80. The molecule has 1 heterocycles. The van der Waals surface area contributed by atoms with Crippen LogP contribution in [-0.2, 0) is 4.74 Å². The summed E-state index contributed by atoms with van der Waals surface area (Å²) in [5.41, 5.74) is 2.26. The maximum atomic E-state index is 13.7. The Morgan fingerprint density at radius 1 is 1.03 bits per heavy atom. The molecule has 5 nitrogen and oxygen atoms in total. The summed E-state index contributed by atoms with van der Waals surface area (Å²) < 4.78 is 38.9. The molecule has 0 aliphatic rings. The largest absolute Gasteiger partial charge is 0.494 e. The van der Waals surface area contributed by atoms with E-state index in [1.54, 1.807) is 36.6 Å². The molecule has 0 radical (unpaired) electrons. The molecule has 0 spiro atoms. The van der Waals surface area contributed by atoms with Crippen LogP contribution in [0.5, 0.6) is 5.75 Å². The molecule has 3 rings (SSSR count). The third-order valence-electron chi connectivity index (χ3n) is 4.52. The van der Waals surface area contributed by atoms with Gasteiger partial charge in [0.25, 0.3) is 0 Å². The summed E-state index contributed by atoms with van der Waals surface area (Å²) in [7, 11) is 1.31. The second-order valence-electron chi connectivity index (χ2n) is 6.45. The Bertz CT molecular complexity index is 1090.